The number of aryl methyl sites for hydroxylation is 3. The van der Waals surface area contributed by atoms with Crippen LogP contribution < -0.4 is 5.73 Å². The summed E-state index contributed by atoms with van der Waals surface area (Å²) in [5, 5.41) is 0. The first-order valence-corrected chi connectivity index (χ1v) is 6.30. The van der Waals surface area contributed by atoms with Crippen molar-refractivity contribution in [3.05, 3.63) is 34.4 Å². The summed E-state index contributed by atoms with van der Waals surface area (Å²) in [4.78, 5) is 2.74. The SMILES string of the molecule is Cc1cc(C)c(CN(C)C(C)C(N)=S)c(C)c1. The fourth-order valence-corrected chi connectivity index (χ4v) is 2.24. The Morgan fingerprint density at radius 2 is 1.76 bits per heavy atom. The van der Waals surface area contributed by atoms with Crippen molar-refractivity contribution in [2.45, 2.75) is 40.3 Å². The Morgan fingerprint density at radius 1 is 1.29 bits per heavy atom. The fraction of sp³-hybridized carbons (Fsp3) is 0.500. The van der Waals surface area contributed by atoms with E-state index >= 15 is 0 Å². The van der Waals surface area contributed by atoms with Crippen LogP contribution in [0.25, 0.3) is 0 Å². The quantitative estimate of drug-likeness (QED) is 0.833. The average molecular weight is 250 g/mol. The van der Waals surface area contributed by atoms with E-state index in [1.807, 2.05) is 6.92 Å². The van der Waals surface area contributed by atoms with Crippen molar-refractivity contribution in [3.63, 3.8) is 0 Å². The first-order valence-electron chi connectivity index (χ1n) is 5.89. The van der Waals surface area contributed by atoms with Crippen LogP contribution in [-0.2, 0) is 6.54 Å². The third-order valence-corrected chi connectivity index (χ3v) is 3.66. The van der Waals surface area contributed by atoms with Gasteiger partial charge in [-0.3, -0.25) is 4.90 Å². The molecule has 0 aliphatic carbocycles. The largest absolute Gasteiger partial charge is 0.392 e. The Bertz CT molecular complexity index is 403. The van der Waals surface area contributed by atoms with E-state index in [9.17, 15) is 0 Å². The van der Waals surface area contributed by atoms with Crippen LogP contribution in [0.4, 0.5) is 0 Å². The third kappa shape index (κ3) is 3.51. The summed E-state index contributed by atoms with van der Waals surface area (Å²) in [7, 11) is 2.06. The van der Waals surface area contributed by atoms with Gasteiger partial charge in [-0.1, -0.05) is 29.9 Å². The van der Waals surface area contributed by atoms with E-state index in [0.717, 1.165) is 6.54 Å². The van der Waals surface area contributed by atoms with E-state index in [2.05, 4.69) is 44.9 Å². The molecule has 0 heterocycles. The summed E-state index contributed by atoms with van der Waals surface area (Å²) in [6.07, 6.45) is 0. The molecule has 2 nitrogen and oxygen atoms in total. The highest BCUT2D eigenvalue weighted by molar-refractivity contribution is 7.80. The van der Waals surface area contributed by atoms with Gasteiger partial charge in [0.2, 0.25) is 0 Å². The molecule has 1 atom stereocenters. The summed E-state index contributed by atoms with van der Waals surface area (Å²) in [6.45, 7) is 9.38. The summed E-state index contributed by atoms with van der Waals surface area (Å²) < 4.78 is 0. The number of likely N-dealkylation sites (N-methyl/N-ethyl adjacent to an activating group) is 1. The molecule has 0 saturated heterocycles. The maximum Gasteiger partial charge on any atom is 0.0899 e. The van der Waals surface area contributed by atoms with Crippen LogP contribution in [0.15, 0.2) is 12.1 Å². The van der Waals surface area contributed by atoms with Crippen molar-refractivity contribution < 1.29 is 0 Å². The summed E-state index contributed by atoms with van der Waals surface area (Å²) in [6, 6.07) is 4.58. The highest BCUT2D eigenvalue weighted by Gasteiger charge is 2.14. The highest BCUT2D eigenvalue weighted by atomic mass is 32.1. The molecule has 1 aromatic carbocycles. The molecule has 1 rings (SSSR count). The zero-order chi connectivity index (χ0) is 13.2. The molecule has 0 aromatic heterocycles. The average Bonchev–Trinajstić information content (AvgIpc) is 2.21. The fourth-order valence-electron chi connectivity index (χ4n) is 2.06. The van der Waals surface area contributed by atoms with Gasteiger partial charge in [-0.2, -0.15) is 0 Å². The van der Waals surface area contributed by atoms with E-state index in [1.165, 1.54) is 22.3 Å². The molecule has 0 saturated carbocycles. The minimum atomic E-state index is 0.130. The first-order chi connectivity index (χ1) is 7.82. The Balaban J connectivity index is 2.92. The molecule has 0 amide bonds. The van der Waals surface area contributed by atoms with Gasteiger partial charge in [-0.25, -0.2) is 0 Å². The van der Waals surface area contributed by atoms with Crippen LogP contribution >= 0.6 is 12.2 Å². The van der Waals surface area contributed by atoms with Crippen LogP contribution in [0.1, 0.15) is 29.2 Å². The Labute approximate surface area is 110 Å². The van der Waals surface area contributed by atoms with E-state index in [0.29, 0.717) is 4.99 Å². The number of benzene rings is 1. The molecule has 0 spiro atoms. The van der Waals surface area contributed by atoms with Crippen LogP contribution in [0, 0.1) is 20.8 Å². The molecule has 1 unspecified atom stereocenters. The smallest absolute Gasteiger partial charge is 0.0899 e. The number of hydrogen-bond donors (Lipinski definition) is 1. The predicted molar refractivity (Wildman–Crippen MR) is 78.4 cm³/mol. The van der Waals surface area contributed by atoms with Crippen LogP contribution in [0.2, 0.25) is 0 Å². The van der Waals surface area contributed by atoms with Crippen molar-refractivity contribution in [1.29, 1.82) is 0 Å². The molecule has 0 radical (unpaired) electrons. The second-order valence-corrected chi connectivity index (χ2v) is 5.34. The van der Waals surface area contributed by atoms with E-state index in [4.69, 9.17) is 18.0 Å². The lowest BCUT2D eigenvalue weighted by molar-refractivity contribution is 0.303. The summed E-state index contributed by atoms with van der Waals surface area (Å²) >= 11 is 5.03. The van der Waals surface area contributed by atoms with Gasteiger partial charge in [0.05, 0.1) is 11.0 Å². The molecule has 1 aromatic rings. The maximum absolute atomic E-state index is 5.68. The second kappa shape index (κ2) is 5.61. The molecule has 0 aliphatic rings. The second-order valence-electron chi connectivity index (χ2n) is 4.87. The zero-order valence-electron chi connectivity index (χ0n) is 11.4. The van der Waals surface area contributed by atoms with Gasteiger partial charge in [-0.15, -0.1) is 0 Å². The van der Waals surface area contributed by atoms with Crippen molar-refractivity contribution in [2.24, 2.45) is 5.73 Å². The number of nitrogens with zero attached hydrogens (tertiary/aromatic N) is 1. The van der Waals surface area contributed by atoms with Gasteiger partial charge in [0.25, 0.3) is 0 Å². The van der Waals surface area contributed by atoms with Crippen LogP contribution in [-0.4, -0.2) is 23.0 Å². The molecule has 17 heavy (non-hydrogen) atoms. The van der Waals surface area contributed by atoms with Crippen molar-refractivity contribution in [1.82, 2.24) is 4.90 Å². The molecule has 0 fully saturated rings. The minimum Gasteiger partial charge on any atom is -0.392 e. The summed E-state index contributed by atoms with van der Waals surface area (Å²) in [5.74, 6) is 0. The van der Waals surface area contributed by atoms with Gasteiger partial charge in [-0.05, 0) is 51.4 Å². The first kappa shape index (κ1) is 14.1. The number of rotatable bonds is 4. The Kier molecular flexibility index (Phi) is 4.66. The Hall–Kier alpha value is -0.930. The molecular weight excluding hydrogens is 228 g/mol. The van der Waals surface area contributed by atoms with Crippen molar-refractivity contribution >= 4 is 17.2 Å². The van der Waals surface area contributed by atoms with Crippen molar-refractivity contribution in [3.8, 4) is 0 Å². The highest BCUT2D eigenvalue weighted by Crippen LogP contribution is 2.18. The van der Waals surface area contributed by atoms with E-state index < -0.39 is 0 Å². The van der Waals surface area contributed by atoms with E-state index in [1.54, 1.807) is 0 Å². The van der Waals surface area contributed by atoms with Gasteiger partial charge >= 0.3 is 0 Å². The third-order valence-electron chi connectivity index (χ3n) is 3.32. The summed E-state index contributed by atoms with van der Waals surface area (Å²) in [5.41, 5.74) is 11.0. The number of nitrogens with two attached hydrogens (primary N) is 1. The van der Waals surface area contributed by atoms with Gasteiger partial charge < -0.3 is 5.73 Å². The van der Waals surface area contributed by atoms with E-state index in [-0.39, 0.29) is 6.04 Å². The number of hydrogen-bond acceptors (Lipinski definition) is 2. The van der Waals surface area contributed by atoms with Gasteiger partial charge in [0.1, 0.15) is 0 Å². The van der Waals surface area contributed by atoms with Gasteiger partial charge in [0, 0.05) is 6.54 Å². The molecular formula is C14H22N2S. The van der Waals surface area contributed by atoms with Gasteiger partial charge in [0.15, 0.2) is 0 Å². The molecule has 0 bridgehead atoms. The standard InChI is InChI=1S/C14H22N2S/c1-9-6-10(2)13(11(3)7-9)8-16(5)12(4)14(15)17/h6-7,12H,8H2,1-5H3,(H2,15,17). The molecule has 3 heteroatoms. The topological polar surface area (TPSA) is 29.3 Å². The molecule has 0 aliphatic heterocycles. The normalized spacial score (nSPS) is 12.8. The molecule has 2 N–H and O–H groups in total. The lowest BCUT2D eigenvalue weighted by Crippen LogP contribution is -2.38. The number of thiocarbonyl (C=S) groups is 1. The van der Waals surface area contributed by atoms with Crippen LogP contribution in [0.5, 0.6) is 0 Å². The predicted octanol–water partition coefficient (Wildman–Crippen LogP) is 2.72. The zero-order valence-corrected chi connectivity index (χ0v) is 12.2. The lowest BCUT2D eigenvalue weighted by Gasteiger charge is -2.25. The Morgan fingerprint density at radius 3 is 2.18 bits per heavy atom. The van der Waals surface area contributed by atoms with Crippen LogP contribution in [0.3, 0.4) is 0 Å². The minimum absolute atomic E-state index is 0.130. The monoisotopic (exact) mass is 250 g/mol. The molecule has 94 valence electrons. The maximum atomic E-state index is 5.68. The van der Waals surface area contributed by atoms with Crippen molar-refractivity contribution in [2.75, 3.05) is 7.05 Å². The lowest BCUT2D eigenvalue weighted by atomic mass is 9.99.